The molecule has 7 nitrogen and oxygen atoms in total. The fraction of sp³-hybridized carbons (Fsp3) is 0.250. The van der Waals surface area contributed by atoms with Gasteiger partial charge in [0, 0.05) is 27.5 Å². The molecule has 0 bridgehead atoms. The van der Waals surface area contributed by atoms with Gasteiger partial charge in [-0.2, -0.15) is 5.26 Å². The average molecular weight is 476 g/mol. The molecule has 0 spiro atoms. The first-order valence-corrected chi connectivity index (χ1v) is 10.5. The van der Waals surface area contributed by atoms with Gasteiger partial charge in [-0.15, -0.1) is 11.3 Å². The highest BCUT2D eigenvalue weighted by Gasteiger charge is 2.27. The van der Waals surface area contributed by atoms with Crippen LogP contribution in [0.1, 0.15) is 28.5 Å². The molecule has 0 radical (unpaired) electrons. The van der Waals surface area contributed by atoms with Gasteiger partial charge >= 0.3 is 6.09 Å². The Hall–Kier alpha value is -2.83. The maximum atomic E-state index is 12.4. The van der Waals surface area contributed by atoms with Gasteiger partial charge in [0.2, 0.25) is 5.91 Å². The Labute approximate surface area is 180 Å². The van der Waals surface area contributed by atoms with Crippen LogP contribution in [-0.2, 0) is 17.8 Å². The van der Waals surface area contributed by atoms with Crippen molar-refractivity contribution in [2.45, 2.75) is 19.9 Å². The molecule has 0 saturated heterocycles. The molecule has 0 saturated carbocycles. The molecule has 3 rings (SSSR count). The summed E-state index contributed by atoms with van der Waals surface area (Å²) in [6.07, 6.45) is 2.50. The molecule has 150 valence electrons. The van der Waals surface area contributed by atoms with Crippen molar-refractivity contribution < 1.29 is 19.4 Å². The molecule has 2 heterocycles. The largest absolute Gasteiger partial charge is 0.493 e. The number of ether oxygens (including phenoxy) is 1. The van der Waals surface area contributed by atoms with Crippen molar-refractivity contribution in [3.63, 3.8) is 0 Å². The van der Waals surface area contributed by atoms with Crippen LogP contribution in [0.2, 0.25) is 0 Å². The normalized spacial score (nSPS) is 13.1. The van der Waals surface area contributed by atoms with Crippen LogP contribution in [0.4, 0.5) is 9.80 Å². The van der Waals surface area contributed by atoms with E-state index in [4.69, 9.17) is 4.74 Å². The fourth-order valence-corrected chi connectivity index (χ4v) is 4.62. The zero-order valence-electron chi connectivity index (χ0n) is 15.6. The quantitative estimate of drug-likeness (QED) is 0.620. The maximum Gasteiger partial charge on any atom is 0.407 e. The molecule has 2 N–H and O–H groups in total. The van der Waals surface area contributed by atoms with Crippen molar-refractivity contribution in [3.05, 3.63) is 50.3 Å². The molecule has 1 aromatic heterocycles. The third-order valence-electron chi connectivity index (χ3n) is 4.36. The Morgan fingerprint density at radius 3 is 2.97 bits per heavy atom. The standard InChI is InChI=1S/C20H18BrN3O4S/c1-2-28-16-5-4-13(21)9-12(16)3-6-18(25)23-19-15(10-22)14-7-8-24(20(26)27)11-17(14)29-19/h3-6,9H,2,7-8,11H2,1H3,(H,23,25)(H,26,27). The highest BCUT2D eigenvalue weighted by atomic mass is 79.9. The fourth-order valence-electron chi connectivity index (χ4n) is 3.03. The van der Waals surface area contributed by atoms with Crippen molar-refractivity contribution in [3.8, 4) is 11.8 Å². The van der Waals surface area contributed by atoms with Crippen LogP contribution in [0.5, 0.6) is 5.75 Å². The molecule has 9 heteroatoms. The number of carbonyl (C=O) groups excluding carboxylic acids is 1. The Morgan fingerprint density at radius 1 is 1.48 bits per heavy atom. The first-order chi connectivity index (χ1) is 13.9. The van der Waals surface area contributed by atoms with Gasteiger partial charge < -0.3 is 20.1 Å². The number of rotatable bonds is 5. The van der Waals surface area contributed by atoms with Crippen LogP contribution in [0.25, 0.3) is 6.08 Å². The van der Waals surface area contributed by atoms with Crippen LogP contribution >= 0.6 is 27.3 Å². The molecule has 1 aliphatic heterocycles. The van der Waals surface area contributed by atoms with E-state index in [9.17, 15) is 20.0 Å². The van der Waals surface area contributed by atoms with Crippen molar-refractivity contribution in [1.82, 2.24) is 4.90 Å². The van der Waals surface area contributed by atoms with E-state index in [2.05, 4.69) is 27.3 Å². The minimum atomic E-state index is -0.991. The van der Waals surface area contributed by atoms with E-state index in [-0.39, 0.29) is 12.5 Å². The number of nitriles is 1. The average Bonchev–Trinajstić information content (AvgIpc) is 3.04. The van der Waals surface area contributed by atoms with Gasteiger partial charge in [0.1, 0.15) is 16.8 Å². The topological polar surface area (TPSA) is 103 Å². The number of halogens is 1. The summed E-state index contributed by atoms with van der Waals surface area (Å²) < 4.78 is 6.43. The first-order valence-electron chi connectivity index (χ1n) is 8.86. The Balaban J connectivity index is 1.78. The first kappa shape index (κ1) is 20.9. The van der Waals surface area contributed by atoms with Gasteiger partial charge in [0.15, 0.2) is 0 Å². The summed E-state index contributed by atoms with van der Waals surface area (Å²) in [6, 6.07) is 7.67. The molecule has 2 aromatic rings. The lowest BCUT2D eigenvalue weighted by Crippen LogP contribution is -2.34. The summed E-state index contributed by atoms with van der Waals surface area (Å²) in [5, 5.41) is 21.9. The second-order valence-corrected chi connectivity index (χ2v) is 8.23. The van der Waals surface area contributed by atoms with Crippen molar-refractivity contribution in [1.29, 1.82) is 5.26 Å². The zero-order chi connectivity index (χ0) is 21.0. The number of amides is 2. The summed E-state index contributed by atoms with van der Waals surface area (Å²) in [5.74, 6) is 0.287. The van der Waals surface area contributed by atoms with E-state index in [1.165, 1.54) is 22.3 Å². The number of nitrogens with one attached hydrogen (secondary N) is 1. The summed E-state index contributed by atoms with van der Waals surface area (Å²) in [4.78, 5) is 25.7. The minimum Gasteiger partial charge on any atom is -0.493 e. The van der Waals surface area contributed by atoms with Gasteiger partial charge in [-0.25, -0.2) is 4.79 Å². The number of carboxylic acid groups (broad SMARTS) is 1. The predicted molar refractivity (Wildman–Crippen MR) is 114 cm³/mol. The molecule has 2 amide bonds. The lowest BCUT2D eigenvalue weighted by Gasteiger charge is -2.23. The van der Waals surface area contributed by atoms with E-state index < -0.39 is 6.09 Å². The number of hydrogen-bond acceptors (Lipinski definition) is 5. The molecular weight excluding hydrogens is 458 g/mol. The van der Waals surface area contributed by atoms with Crippen molar-refractivity contribution in [2.24, 2.45) is 0 Å². The van der Waals surface area contributed by atoms with Crippen molar-refractivity contribution in [2.75, 3.05) is 18.5 Å². The summed E-state index contributed by atoms with van der Waals surface area (Å²) in [5.41, 5.74) is 1.98. The lowest BCUT2D eigenvalue weighted by molar-refractivity contribution is -0.111. The monoisotopic (exact) mass is 475 g/mol. The molecule has 0 aliphatic carbocycles. The third kappa shape index (κ3) is 4.78. The van der Waals surface area contributed by atoms with Crippen LogP contribution in [0.3, 0.4) is 0 Å². The Morgan fingerprint density at radius 2 is 2.28 bits per heavy atom. The highest BCUT2D eigenvalue weighted by Crippen LogP contribution is 2.36. The van der Waals surface area contributed by atoms with Crippen LogP contribution < -0.4 is 10.1 Å². The number of anilines is 1. The van der Waals surface area contributed by atoms with Gasteiger partial charge in [0.05, 0.1) is 18.7 Å². The number of nitrogens with zero attached hydrogens (tertiary/aromatic N) is 2. The summed E-state index contributed by atoms with van der Waals surface area (Å²) in [7, 11) is 0. The van der Waals surface area contributed by atoms with E-state index in [0.29, 0.717) is 35.9 Å². The maximum absolute atomic E-state index is 12.4. The Kier molecular flexibility index (Phi) is 6.56. The smallest absolute Gasteiger partial charge is 0.407 e. The molecule has 29 heavy (non-hydrogen) atoms. The second-order valence-electron chi connectivity index (χ2n) is 6.21. The molecule has 0 fully saturated rings. The number of fused-ring (bicyclic) bond motifs is 1. The zero-order valence-corrected chi connectivity index (χ0v) is 18.0. The molecule has 1 aromatic carbocycles. The summed E-state index contributed by atoms with van der Waals surface area (Å²) in [6.45, 7) is 2.96. The minimum absolute atomic E-state index is 0.228. The van der Waals surface area contributed by atoms with E-state index >= 15 is 0 Å². The summed E-state index contributed by atoms with van der Waals surface area (Å²) >= 11 is 4.65. The molecule has 0 unspecified atom stereocenters. The highest BCUT2D eigenvalue weighted by molar-refractivity contribution is 9.10. The number of thiophene rings is 1. The van der Waals surface area contributed by atoms with E-state index in [1.54, 1.807) is 6.08 Å². The number of benzene rings is 1. The van der Waals surface area contributed by atoms with Crippen LogP contribution in [0.15, 0.2) is 28.7 Å². The van der Waals surface area contributed by atoms with Gasteiger partial charge in [0.25, 0.3) is 0 Å². The van der Waals surface area contributed by atoms with Gasteiger partial charge in [-0.1, -0.05) is 15.9 Å². The van der Waals surface area contributed by atoms with E-state index in [0.717, 1.165) is 20.5 Å². The number of hydrogen-bond donors (Lipinski definition) is 2. The predicted octanol–water partition coefficient (Wildman–Crippen LogP) is 4.47. The SMILES string of the molecule is CCOc1ccc(Br)cc1C=CC(=O)Nc1sc2c(c1C#N)CCN(C(=O)O)C2. The molecular formula is C20H18BrN3O4S. The van der Waals surface area contributed by atoms with Gasteiger partial charge in [-0.05, 0) is 43.2 Å². The molecule has 1 aliphatic rings. The van der Waals surface area contributed by atoms with Gasteiger partial charge in [-0.3, -0.25) is 4.79 Å². The molecule has 0 atom stereocenters. The second kappa shape index (κ2) is 9.11. The van der Waals surface area contributed by atoms with Crippen LogP contribution in [-0.4, -0.2) is 35.2 Å². The van der Waals surface area contributed by atoms with Crippen molar-refractivity contribution >= 4 is 50.3 Å². The van der Waals surface area contributed by atoms with E-state index in [1.807, 2.05) is 25.1 Å². The van der Waals surface area contributed by atoms with Crippen LogP contribution in [0, 0.1) is 11.3 Å². The Bertz CT molecular complexity index is 1030. The third-order valence-corrected chi connectivity index (χ3v) is 5.99. The number of carbonyl (C=O) groups is 2. The lowest BCUT2D eigenvalue weighted by atomic mass is 10.0.